The normalized spacial score (nSPS) is 15.7. The van der Waals surface area contributed by atoms with Crippen molar-refractivity contribution in [2.24, 2.45) is 5.92 Å². The van der Waals surface area contributed by atoms with E-state index in [0.29, 0.717) is 24.1 Å². The van der Waals surface area contributed by atoms with Gasteiger partial charge < -0.3 is 15.3 Å². The van der Waals surface area contributed by atoms with Crippen molar-refractivity contribution in [3.8, 4) is 0 Å². The molecule has 0 radical (unpaired) electrons. The molecule has 0 aromatic carbocycles. The van der Waals surface area contributed by atoms with E-state index in [1.807, 2.05) is 0 Å². The molecule has 1 aliphatic heterocycles. The first-order valence-corrected chi connectivity index (χ1v) is 5.36. The molecule has 6 heteroatoms. The molecule has 1 saturated heterocycles. The fourth-order valence-electron chi connectivity index (χ4n) is 1.40. The maximum Gasteiger partial charge on any atom is 0.317 e. The third kappa shape index (κ3) is 3.91. The van der Waals surface area contributed by atoms with Crippen molar-refractivity contribution in [2.45, 2.75) is 6.42 Å². The molecule has 1 aliphatic rings. The molecule has 0 atom stereocenters. The van der Waals surface area contributed by atoms with Crippen molar-refractivity contribution < 1.29 is 14.7 Å². The van der Waals surface area contributed by atoms with Crippen molar-refractivity contribution in [1.29, 1.82) is 0 Å². The second-order valence-corrected chi connectivity index (χ2v) is 4.67. The number of urea groups is 1. The summed E-state index contributed by atoms with van der Waals surface area (Å²) in [5.41, 5.74) is 0. The summed E-state index contributed by atoms with van der Waals surface area (Å²) >= 11 is 3.13. The molecule has 2 amide bonds. The van der Waals surface area contributed by atoms with Gasteiger partial charge in [-0.1, -0.05) is 22.5 Å². The maximum atomic E-state index is 11.4. The number of aliphatic carboxylic acids is 1. The zero-order valence-corrected chi connectivity index (χ0v) is 9.79. The van der Waals surface area contributed by atoms with Gasteiger partial charge in [0.25, 0.3) is 0 Å². The van der Waals surface area contributed by atoms with Crippen LogP contribution in [0.25, 0.3) is 0 Å². The number of nitrogens with one attached hydrogen (secondary N) is 1. The summed E-state index contributed by atoms with van der Waals surface area (Å²) in [6, 6.07) is -0.169. The van der Waals surface area contributed by atoms with Gasteiger partial charge in [0, 0.05) is 23.5 Å². The SMILES string of the molecule is C=C(Br)CNC(=O)N1CC(CC(=O)O)C1. The Morgan fingerprint density at radius 3 is 2.60 bits per heavy atom. The molecule has 1 fully saturated rings. The Hall–Kier alpha value is -1.04. The summed E-state index contributed by atoms with van der Waals surface area (Å²) in [4.78, 5) is 23.3. The molecule has 0 aromatic rings. The van der Waals surface area contributed by atoms with Gasteiger partial charge in [0.2, 0.25) is 0 Å². The van der Waals surface area contributed by atoms with Gasteiger partial charge in [-0.25, -0.2) is 4.79 Å². The molecular formula is C9H13BrN2O3. The van der Waals surface area contributed by atoms with Crippen LogP contribution in [-0.2, 0) is 4.79 Å². The lowest BCUT2D eigenvalue weighted by Crippen LogP contribution is -2.54. The van der Waals surface area contributed by atoms with E-state index in [1.165, 1.54) is 0 Å². The number of halogens is 1. The lowest BCUT2D eigenvalue weighted by Gasteiger charge is -2.38. The molecule has 0 aliphatic carbocycles. The minimum absolute atomic E-state index is 0.0976. The summed E-state index contributed by atoms with van der Waals surface area (Å²) in [7, 11) is 0. The van der Waals surface area contributed by atoms with Gasteiger partial charge >= 0.3 is 12.0 Å². The molecule has 15 heavy (non-hydrogen) atoms. The Morgan fingerprint density at radius 1 is 1.53 bits per heavy atom. The molecule has 0 bridgehead atoms. The first-order chi connectivity index (χ1) is 6.99. The largest absolute Gasteiger partial charge is 0.481 e. The van der Waals surface area contributed by atoms with E-state index < -0.39 is 5.97 Å². The first kappa shape index (κ1) is 12.0. The summed E-state index contributed by atoms with van der Waals surface area (Å²) in [6.45, 7) is 5.02. The number of rotatable bonds is 4. The van der Waals surface area contributed by atoms with E-state index in [0.717, 1.165) is 0 Å². The highest BCUT2D eigenvalue weighted by molar-refractivity contribution is 9.11. The Kier molecular flexibility index (Phi) is 4.14. The molecule has 0 unspecified atom stereocenters. The highest BCUT2D eigenvalue weighted by Gasteiger charge is 2.31. The molecule has 1 heterocycles. The van der Waals surface area contributed by atoms with Gasteiger partial charge in [0.15, 0.2) is 0 Å². The third-order valence-corrected chi connectivity index (χ3v) is 2.42. The number of carbonyl (C=O) groups excluding carboxylic acids is 1. The van der Waals surface area contributed by atoms with E-state index in [-0.39, 0.29) is 18.4 Å². The van der Waals surface area contributed by atoms with Crippen LogP contribution in [0.4, 0.5) is 4.79 Å². The van der Waals surface area contributed by atoms with Crippen molar-refractivity contribution >= 4 is 27.9 Å². The monoisotopic (exact) mass is 276 g/mol. The molecule has 0 saturated carbocycles. The fourth-order valence-corrected chi connectivity index (χ4v) is 1.54. The van der Waals surface area contributed by atoms with Crippen LogP contribution >= 0.6 is 15.9 Å². The summed E-state index contributed by atoms with van der Waals surface area (Å²) < 4.78 is 0.707. The van der Waals surface area contributed by atoms with Crippen molar-refractivity contribution in [3.63, 3.8) is 0 Å². The van der Waals surface area contributed by atoms with Crippen LogP contribution in [0.5, 0.6) is 0 Å². The van der Waals surface area contributed by atoms with Crippen LogP contribution in [0.1, 0.15) is 6.42 Å². The van der Waals surface area contributed by atoms with Gasteiger partial charge in [0.1, 0.15) is 0 Å². The number of carboxylic acid groups (broad SMARTS) is 1. The van der Waals surface area contributed by atoms with Crippen LogP contribution < -0.4 is 5.32 Å². The zero-order chi connectivity index (χ0) is 11.4. The zero-order valence-electron chi connectivity index (χ0n) is 8.20. The van der Waals surface area contributed by atoms with Crippen LogP contribution in [0.2, 0.25) is 0 Å². The Morgan fingerprint density at radius 2 is 2.13 bits per heavy atom. The number of nitrogens with zero attached hydrogens (tertiary/aromatic N) is 1. The molecule has 0 spiro atoms. The van der Waals surface area contributed by atoms with Crippen molar-refractivity contribution in [1.82, 2.24) is 10.2 Å². The lowest BCUT2D eigenvalue weighted by molar-refractivity contribution is -0.139. The number of carbonyl (C=O) groups is 2. The molecule has 84 valence electrons. The summed E-state index contributed by atoms with van der Waals surface area (Å²) in [6.07, 6.45) is 0.134. The van der Waals surface area contributed by atoms with E-state index >= 15 is 0 Å². The predicted octanol–water partition coefficient (Wildman–Crippen LogP) is 1.01. The van der Waals surface area contributed by atoms with Gasteiger partial charge in [-0.05, 0) is 0 Å². The molecule has 5 nitrogen and oxygen atoms in total. The van der Waals surface area contributed by atoms with Crippen molar-refractivity contribution in [2.75, 3.05) is 19.6 Å². The van der Waals surface area contributed by atoms with E-state index in [2.05, 4.69) is 27.8 Å². The van der Waals surface area contributed by atoms with Crippen LogP contribution in [0.3, 0.4) is 0 Å². The van der Waals surface area contributed by atoms with Crippen LogP contribution in [-0.4, -0.2) is 41.6 Å². The minimum atomic E-state index is -0.811. The summed E-state index contributed by atoms with van der Waals surface area (Å²) in [5, 5.41) is 11.2. The number of hydrogen-bond donors (Lipinski definition) is 2. The average Bonchev–Trinajstić information content (AvgIpc) is 2.06. The fraction of sp³-hybridized carbons (Fsp3) is 0.556. The molecular weight excluding hydrogens is 264 g/mol. The molecule has 0 aromatic heterocycles. The number of amides is 2. The number of carboxylic acids is 1. The molecule has 2 N–H and O–H groups in total. The molecule has 1 rings (SSSR count). The van der Waals surface area contributed by atoms with E-state index in [1.54, 1.807) is 4.90 Å². The highest BCUT2D eigenvalue weighted by atomic mass is 79.9. The smallest absolute Gasteiger partial charge is 0.317 e. The van der Waals surface area contributed by atoms with Gasteiger partial charge in [-0.2, -0.15) is 0 Å². The van der Waals surface area contributed by atoms with Gasteiger partial charge in [0.05, 0.1) is 13.0 Å². The predicted molar refractivity (Wildman–Crippen MR) is 58.8 cm³/mol. The van der Waals surface area contributed by atoms with E-state index in [4.69, 9.17) is 5.11 Å². The highest BCUT2D eigenvalue weighted by Crippen LogP contribution is 2.18. The topological polar surface area (TPSA) is 69.6 Å². The Bertz CT molecular complexity index is 287. The second kappa shape index (κ2) is 5.16. The summed E-state index contributed by atoms with van der Waals surface area (Å²) in [5.74, 6) is -0.714. The minimum Gasteiger partial charge on any atom is -0.481 e. The quantitative estimate of drug-likeness (QED) is 0.805. The van der Waals surface area contributed by atoms with Crippen LogP contribution in [0.15, 0.2) is 11.1 Å². The van der Waals surface area contributed by atoms with Crippen molar-refractivity contribution in [3.05, 3.63) is 11.1 Å². The Balaban J connectivity index is 2.18. The van der Waals surface area contributed by atoms with E-state index in [9.17, 15) is 9.59 Å². The average molecular weight is 277 g/mol. The standard InChI is InChI=1S/C9H13BrN2O3/c1-6(10)3-11-9(15)12-4-7(5-12)2-8(13)14/h7H,1-5H2,(H,11,15)(H,13,14). The lowest BCUT2D eigenvalue weighted by atomic mass is 9.97. The number of likely N-dealkylation sites (tertiary alicyclic amines) is 1. The second-order valence-electron chi connectivity index (χ2n) is 3.54. The first-order valence-electron chi connectivity index (χ1n) is 4.57. The number of hydrogen-bond acceptors (Lipinski definition) is 2. The van der Waals surface area contributed by atoms with Crippen LogP contribution in [0, 0.1) is 5.92 Å². The van der Waals surface area contributed by atoms with Gasteiger partial charge in [-0.3, -0.25) is 4.79 Å². The Labute approximate surface area is 96.3 Å². The third-order valence-electron chi connectivity index (χ3n) is 2.14. The maximum absolute atomic E-state index is 11.4. The van der Waals surface area contributed by atoms with Gasteiger partial charge in [-0.15, -0.1) is 0 Å².